The van der Waals surface area contributed by atoms with E-state index in [1.165, 1.54) is 0 Å². The van der Waals surface area contributed by atoms with E-state index in [0.717, 1.165) is 39.8 Å². The molecule has 3 N–H and O–H groups in total. The zero-order valence-corrected chi connectivity index (χ0v) is 17.3. The lowest BCUT2D eigenvalue weighted by atomic mass is 10.0. The van der Waals surface area contributed by atoms with E-state index >= 15 is 0 Å². The highest BCUT2D eigenvalue weighted by Crippen LogP contribution is 2.34. The first-order valence-electron chi connectivity index (χ1n) is 10.6. The number of nitrogens with one attached hydrogen (secondary N) is 1. The highest BCUT2D eigenvalue weighted by Gasteiger charge is 2.29. The molecule has 1 atom stereocenters. The summed E-state index contributed by atoms with van der Waals surface area (Å²) in [6.45, 7) is 1.38. The van der Waals surface area contributed by atoms with Gasteiger partial charge in [0, 0.05) is 59.3 Å². The molecule has 0 spiro atoms. The van der Waals surface area contributed by atoms with Crippen molar-refractivity contribution in [2.75, 3.05) is 18.8 Å². The molecule has 1 aromatic carbocycles. The van der Waals surface area contributed by atoms with Crippen molar-refractivity contribution in [3.63, 3.8) is 0 Å². The Hall–Kier alpha value is -4.20. The molecule has 0 aliphatic carbocycles. The fraction of sp³-hybridized carbons (Fsp3) is 0.167. The Morgan fingerprint density at radius 3 is 2.91 bits per heavy atom. The lowest BCUT2D eigenvalue weighted by molar-refractivity contribution is 0.0790. The third-order valence-corrected chi connectivity index (χ3v) is 6.20. The smallest absolute Gasteiger partial charge is 0.253 e. The van der Waals surface area contributed by atoms with Crippen LogP contribution in [0.15, 0.2) is 67.1 Å². The number of aromatic nitrogens is 5. The summed E-state index contributed by atoms with van der Waals surface area (Å²) in [5, 5.41) is 9.68. The molecule has 1 aliphatic rings. The Bertz CT molecular complexity index is 1470. The minimum Gasteiger partial charge on any atom is -0.399 e. The number of nitrogen functional groups attached to an aromatic ring is 1. The van der Waals surface area contributed by atoms with Gasteiger partial charge in [0.15, 0.2) is 0 Å². The van der Waals surface area contributed by atoms with Crippen molar-refractivity contribution in [1.29, 1.82) is 0 Å². The predicted molar refractivity (Wildman–Crippen MR) is 122 cm³/mol. The van der Waals surface area contributed by atoms with E-state index in [1.54, 1.807) is 23.0 Å². The summed E-state index contributed by atoms with van der Waals surface area (Å²) in [5.41, 5.74) is 12.0. The van der Waals surface area contributed by atoms with Crippen LogP contribution >= 0.6 is 0 Å². The monoisotopic (exact) mass is 423 g/mol. The molecule has 5 heterocycles. The Morgan fingerprint density at radius 2 is 2.00 bits per heavy atom. The lowest BCUT2D eigenvalue weighted by Crippen LogP contribution is -2.28. The number of aromatic amines is 1. The summed E-state index contributed by atoms with van der Waals surface area (Å²) in [5.74, 6) is 0.251. The number of likely N-dealkylation sites (tertiary alicyclic amines) is 1. The van der Waals surface area contributed by atoms with Crippen LogP contribution in [0, 0.1) is 0 Å². The second kappa shape index (κ2) is 7.19. The number of nitrogens with two attached hydrogens (primary N) is 1. The average Bonchev–Trinajstić information content (AvgIpc) is 3.56. The van der Waals surface area contributed by atoms with Gasteiger partial charge in [-0.25, -0.2) is 4.98 Å². The Kier molecular flexibility index (Phi) is 4.17. The minimum atomic E-state index is 0.0218. The number of nitrogens with zero attached hydrogens (tertiary/aromatic N) is 5. The molecule has 1 saturated heterocycles. The standard InChI is InChI=1S/C24H21N7O/c25-17-4-1-3-15(11-17)24(32)30-10-7-16(14-30)21-12-19-18(6-9-26-23(19)29-21)20-13-28-31-22(20)5-2-8-27-31/h1-6,8-9,11-13,16H,7,10,14,25H2,(H,26,29). The molecule has 4 aromatic heterocycles. The lowest BCUT2D eigenvalue weighted by Gasteiger charge is -2.16. The van der Waals surface area contributed by atoms with E-state index in [-0.39, 0.29) is 11.8 Å². The summed E-state index contributed by atoms with van der Waals surface area (Å²) in [4.78, 5) is 22.8. The van der Waals surface area contributed by atoms with Gasteiger partial charge in [0.1, 0.15) is 5.65 Å². The van der Waals surface area contributed by atoms with Crippen LogP contribution in [0.2, 0.25) is 0 Å². The third-order valence-electron chi connectivity index (χ3n) is 6.20. The van der Waals surface area contributed by atoms with Crippen molar-refractivity contribution in [3.05, 3.63) is 78.4 Å². The van der Waals surface area contributed by atoms with Gasteiger partial charge in [-0.05, 0) is 54.4 Å². The van der Waals surface area contributed by atoms with Crippen molar-refractivity contribution >= 4 is 28.1 Å². The van der Waals surface area contributed by atoms with Crippen LogP contribution in [-0.4, -0.2) is 48.7 Å². The average molecular weight is 423 g/mol. The Labute approximate surface area is 183 Å². The first-order valence-corrected chi connectivity index (χ1v) is 10.6. The third kappa shape index (κ3) is 2.99. The molecule has 158 valence electrons. The van der Waals surface area contributed by atoms with Gasteiger partial charge in [-0.2, -0.15) is 14.8 Å². The number of pyridine rings is 1. The van der Waals surface area contributed by atoms with E-state index in [2.05, 4.69) is 26.2 Å². The van der Waals surface area contributed by atoms with Crippen molar-refractivity contribution < 1.29 is 4.79 Å². The first kappa shape index (κ1) is 18.6. The summed E-state index contributed by atoms with van der Waals surface area (Å²) < 4.78 is 1.63. The van der Waals surface area contributed by atoms with Gasteiger partial charge < -0.3 is 15.6 Å². The van der Waals surface area contributed by atoms with Gasteiger partial charge in [-0.1, -0.05) is 6.07 Å². The number of amides is 1. The summed E-state index contributed by atoms with van der Waals surface area (Å²) in [7, 11) is 0. The highest BCUT2D eigenvalue weighted by molar-refractivity contribution is 5.98. The second-order valence-corrected chi connectivity index (χ2v) is 8.16. The number of benzene rings is 1. The molecule has 1 amide bonds. The summed E-state index contributed by atoms with van der Waals surface area (Å²) >= 11 is 0. The molecular formula is C24H21N7O. The van der Waals surface area contributed by atoms with Crippen molar-refractivity contribution in [2.45, 2.75) is 12.3 Å². The topological polar surface area (TPSA) is 105 Å². The van der Waals surface area contributed by atoms with Gasteiger partial charge in [-0.3, -0.25) is 4.79 Å². The maximum Gasteiger partial charge on any atom is 0.253 e. The van der Waals surface area contributed by atoms with Gasteiger partial charge in [0.05, 0.1) is 11.7 Å². The molecule has 6 rings (SSSR count). The zero-order chi connectivity index (χ0) is 21.7. The SMILES string of the molecule is Nc1cccc(C(=O)N2CCC(c3cc4c(-c5cnn6ncccc56)ccnc4[nH]3)C2)c1. The van der Waals surface area contributed by atoms with Crippen LogP contribution in [0.4, 0.5) is 5.69 Å². The Morgan fingerprint density at radius 1 is 1.06 bits per heavy atom. The van der Waals surface area contributed by atoms with Crippen LogP contribution in [0.25, 0.3) is 27.7 Å². The minimum absolute atomic E-state index is 0.0218. The number of rotatable bonds is 3. The fourth-order valence-corrected chi connectivity index (χ4v) is 4.60. The van der Waals surface area contributed by atoms with E-state index < -0.39 is 0 Å². The molecule has 8 heteroatoms. The molecule has 32 heavy (non-hydrogen) atoms. The number of H-pyrrole nitrogens is 1. The van der Waals surface area contributed by atoms with Gasteiger partial charge >= 0.3 is 0 Å². The molecule has 5 aromatic rings. The van der Waals surface area contributed by atoms with Crippen LogP contribution in [0.5, 0.6) is 0 Å². The van der Waals surface area contributed by atoms with Crippen LogP contribution in [-0.2, 0) is 0 Å². The molecule has 1 aliphatic heterocycles. The largest absolute Gasteiger partial charge is 0.399 e. The highest BCUT2D eigenvalue weighted by atomic mass is 16.2. The van der Waals surface area contributed by atoms with E-state index in [0.29, 0.717) is 24.3 Å². The normalized spacial score (nSPS) is 16.2. The van der Waals surface area contributed by atoms with Crippen LogP contribution in [0.1, 0.15) is 28.4 Å². The molecular weight excluding hydrogens is 402 g/mol. The van der Waals surface area contributed by atoms with Crippen LogP contribution < -0.4 is 5.73 Å². The summed E-state index contributed by atoms with van der Waals surface area (Å²) in [6.07, 6.45) is 6.27. The maximum absolute atomic E-state index is 12.9. The fourth-order valence-electron chi connectivity index (χ4n) is 4.60. The predicted octanol–water partition coefficient (Wildman–Crippen LogP) is 3.48. The van der Waals surface area contributed by atoms with Gasteiger partial charge in [-0.15, -0.1) is 0 Å². The van der Waals surface area contributed by atoms with Crippen LogP contribution in [0.3, 0.4) is 0 Å². The quantitative estimate of drug-likeness (QED) is 0.432. The molecule has 0 bridgehead atoms. The van der Waals surface area contributed by atoms with Crippen molar-refractivity contribution in [3.8, 4) is 11.1 Å². The Balaban J connectivity index is 1.32. The number of carbonyl (C=O) groups excluding carboxylic acids is 1. The van der Waals surface area contributed by atoms with E-state index in [4.69, 9.17) is 5.73 Å². The summed E-state index contributed by atoms with van der Waals surface area (Å²) in [6, 6.07) is 15.2. The molecule has 1 unspecified atom stereocenters. The maximum atomic E-state index is 12.9. The van der Waals surface area contributed by atoms with Gasteiger partial charge in [0.25, 0.3) is 5.91 Å². The number of anilines is 1. The van der Waals surface area contributed by atoms with Crippen molar-refractivity contribution in [1.82, 2.24) is 29.7 Å². The zero-order valence-electron chi connectivity index (χ0n) is 17.3. The molecule has 0 saturated carbocycles. The number of fused-ring (bicyclic) bond motifs is 2. The van der Waals surface area contributed by atoms with Gasteiger partial charge in [0.2, 0.25) is 0 Å². The van der Waals surface area contributed by atoms with E-state index in [1.807, 2.05) is 47.6 Å². The first-order chi connectivity index (χ1) is 15.7. The molecule has 1 fully saturated rings. The molecule has 8 nitrogen and oxygen atoms in total. The number of hydrogen-bond acceptors (Lipinski definition) is 5. The number of carbonyl (C=O) groups is 1. The van der Waals surface area contributed by atoms with E-state index in [9.17, 15) is 4.79 Å². The van der Waals surface area contributed by atoms with Crippen molar-refractivity contribution in [2.24, 2.45) is 0 Å². The molecule has 0 radical (unpaired) electrons. The second-order valence-electron chi connectivity index (χ2n) is 8.16. The number of hydrogen-bond donors (Lipinski definition) is 2.